The molecule has 126 heavy (non-hydrogen) atoms. The van der Waals surface area contributed by atoms with E-state index < -0.39 is 159 Å². The van der Waals surface area contributed by atoms with Gasteiger partial charge in [-0.3, -0.25) is 74.4 Å². The predicted molar refractivity (Wildman–Crippen MR) is 455 cm³/mol. The number of thioether (sulfide) groups is 1. The van der Waals surface area contributed by atoms with Crippen molar-refractivity contribution in [3.05, 3.63) is 119 Å². The quantitative estimate of drug-likeness (QED) is 0.00387. The van der Waals surface area contributed by atoms with Crippen LogP contribution in [0.2, 0.25) is 0 Å². The number of non-ortho nitro benzene ring substituents is 1. The highest BCUT2D eigenvalue weighted by molar-refractivity contribution is 7.99. The van der Waals surface area contributed by atoms with Gasteiger partial charge in [-0.2, -0.15) is 10.2 Å². The first-order chi connectivity index (χ1) is 58.9. The molecule has 4 aliphatic carbocycles. The number of alkyl halides is 3. The summed E-state index contributed by atoms with van der Waals surface area (Å²) in [6, 6.07) is 6.82. The third-order valence-corrected chi connectivity index (χ3v) is 27.3. The molecule has 12 rings (SSSR count). The molecule has 47 heteroatoms. The number of benzene rings is 1. The van der Waals surface area contributed by atoms with Gasteiger partial charge in [0.2, 0.25) is 17.7 Å². The average Bonchev–Trinajstić information content (AvgIpc) is 1.44. The number of carboxylic acid groups (broad SMARTS) is 1. The second-order valence-electron chi connectivity index (χ2n) is 33.3. The van der Waals surface area contributed by atoms with Crippen LogP contribution >= 0.6 is 54.2 Å². The van der Waals surface area contributed by atoms with Crippen LogP contribution in [0.5, 0.6) is 0 Å². The number of carbonyl (C=O) groups is 8. The highest BCUT2D eigenvalue weighted by atomic mass is 35.5. The Bertz CT molecular complexity index is 4460. The molecule has 3 aromatic rings. The number of allylic oxidation sites excluding steroid dienone is 2. The molecular weight excluding hydrogens is 1770 g/mol. The molecule has 9 aliphatic rings. The summed E-state index contributed by atoms with van der Waals surface area (Å²) in [5.74, 6) is -3.67. The zero-order valence-corrected chi connectivity index (χ0v) is 75.3. The molecule has 8 amide bonds. The third kappa shape index (κ3) is 26.2. The van der Waals surface area contributed by atoms with Crippen molar-refractivity contribution in [1.29, 1.82) is 0 Å². The molecule has 1 aromatic carbocycles. The lowest BCUT2D eigenvalue weighted by atomic mass is 9.36. The van der Waals surface area contributed by atoms with Crippen LogP contribution in [-0.2, 0) is 47.5 Å². The van der Waals surface area contributed by atoms with Crippen molar-refractivity contribution in [2.24, 2.45) is 56.0 Å². The number of amides is 8. The Morgan fingerprint density at radius 1 is 0.786 bits per heavy atom. The largest absolute Gasteiger partial charge is 0.478 e. The summed E-state index contributed by atoms with van der Waals surface area (Å²) >= 11 is 18.2. The monoisotopic (exact) mass is 1880 g/mol. The van der Waals surface area contributed by atoms with Crippen LogP contribution in [0.4, 0.5) is 27.0 Å². The maximum absolute atomic E-state index is 12.9. The number of likely N-dealkylation sites (N-methyl/N-ethyl adjacent to an activating group) is 1. The van der Waals surface area contributed by atoms with Crippen LogP contribution in [-0.4, -0.2) is 268 Å². The number of furan rings is 2. The summed E-state index contributed by atoms with van der Waals surface area (Å²) in [5.41, 5.74) is 1.04. The number of ether oxygens (including phenoxy) is 3. The highest BCUT2D eigenvalue weighted by Crippen LogP contribution is 2.74. The van der Waals surface area contributed by atoms with Crippen LogP contribution in [0.15, 0.2) is 90.4 Å². The average molecular weight is 1880 g/mol. The van der Waals surface area contributed by atoms with E-state index in [1.807, 2.05) is 42.5 Å². The molecule has 4 saturated carbocycles. The lowest BCUT2D eigenvalue weighted by Crippen LogP contribution is -2.65. The van der Waals surface area contributed by atoms with E-state index in [-0.39, 0.29) is 88.5 Å². The van der Waals surface area contributed by atoms with Gasteiger partial charge in [-0.1, -0.05) is 75.9 Å². The van der Waals surface area contributed by atoms with Crippen LogP contribution in [0, 0.1) is 76.2 Å². The van der Waals surface area contributed by atoms with Crippen LogP contribution < -0.4 is 21.3 Å². The van der Waals surface area contributed by atoms with E-state index in [1.165, 1.54) is 55.1 Å². The number of carboxylic acids is 1. The number of aliphatic carboxylic acids is 1. The molecular formula is C79H112Cl3N12O30PS. The highest BCUT2D eigenvalue weighted by Gasteiger charge is 2.71. The molecule has 23 atom stereocenters. The topological polar surface area (TPSA) is 625 Å². The number of hydrazone groups is 2. The Morgan fingerprint density at radius 3 is 1.77 bits per heavy atom. The summed E-state index contributed by atoms with van der Waals surface area (Å²) in [6.07, 6.45) is 6.85. The summed E-state index contributed by atoms with van der Waals surface area (Å²) < 4.78 is 35.9. The number of likely N-dealkylation sites (tertiary alicyclic amines) is 1. The molecule has 0 radical (unpaired) electrons. The van der Waals surface area contributed by atoms with Gasteiger partial charge < -0.3 is 84.3 Å². The molecule has 5 aliphatic heterocycles. The zero-order valence-electron chi connectivity index (χ0n) is 71.3. The number of epoxide rings is 1. The number of nitrogens with zero attached hydrogens (tertiary/aromatic N) is 8. The molecule has 700 valence electrons. The molecule has 9 fully saturated rings. The SMILES string of the molecule is CC(=O)O[C@H]1C[C@@]2(C)[C@@H](C[C@@H](O)[C@H]3[C@@]4(C)CC[C@@H](O)[C@@H](C)[C@@H]4CC[C@@]32C)/C1=C(\CCC=C(C)C)C(=O)O.CCC[C@@H]1C[C@@H](C(=O)N[C@@H]([C@H]2O[C@H](SC)[C@H](O)[C@@H](O)[C@H]2O)[C@H](C)Cl)N(C)C1.C[C@@H]1O[C@@H]1P(=O)(O)O.O=C(N[C@H](CO)[C@H](O)c1ccc([N+](=O)[O-])cc1)C(Cl)Cl.O=C1CN(/N=C/c2ccc([N+](=O)[O-])o2)C(=O)N1.O=C1CN(/N=C/c2ccc([N+](=O)[O-])o2)C(=O)N1. The van der Waals surface area contributed by atoms with Gasteiger partial charge in [-0.05, 0) is 186 Å². The number of nitrogens with one attached hydrogen (secondary N) is 4. The van der Waals surface area contributed by atoms with Gasteiger partial charge in [0.1, 0.15) is 65.0 Å². The Balaban J connectivity index is 0.000000218. The summed E-state index contributed by atoms with van der Waals surface area (Å²) in [6.45, 7) is 19.9. The van der Waals surface area contributed by atoms with Crippen molar-refractivity contribution in [2.45, 2.75) is 234 Å². The second-order valence-corrected chi connectivity index (χ2v) is 37.7. The number of hydrogen-bond donors (Lipinski definition) is 14. The number of hydrogen-bond acceptors (Lipinski definition) is 31. The van der Waals surface area contributed by atoms with Gasteiger partial charge in [-0.15, -0.1) is 23.4 Å². The molecule has 7 heterocycles. The first kappa shape index (κ1) is 105. The van der Waals surface area contributed by atoms with Crippen molar-refractivity contribution in [3.8, 4) is 0 Å². The summed E-state index contributed by atoms with van der Waals surface area (Å²) in [5, 5.41) is 132. The van der Waals surface area contributed by atoms with Gasteiger partial charge >= 0.3 is 43.4 Å². The summed E-state index contributed by atoms with van der Waals surface area (Å²) in [7, 11) is -1.97. The van der Waals surface area contributed by atoms with E-state index in [4.69, 9.17) is 68.0 Å². The van der Waals surface area contributed by atoms with Gasteiger partial charge in [0.05, 0.1) is 77.9 Å². The molecule has 5 saturated heterocycles. The zero-order chi connectivity index (χ0) is 94.3. The second kappa shape index (κ2) is 45.2. The number of nitro benzene ring substituents is 1. The van der Waals surface area contributed by atoms with Gasteiger partial charge in [0, 0.05) is 31.2 Å². The van der Waals surface area contributed by atoms with Crippen molar-refractivity contribution < 1.29 is 131 Å². The number of urea groups is 2. The van der Waals surface area contributed by atoms with Crippen LogP contribution in [0.1, 0.15) is 163 Å². The first-order valence-corrected chi connectivity index (χ1v) is 44.8. The Morgan fingerprint density at radius 2 is 1.34 bits per heavy atom. The van der Waals surface area contributed by atoms with E-state index in [0.717, 1.165) is 97.2 Å². The minimum absolute atomic E-state index is 0.0474. The lowest BCUT2D eigenvalue weighted by Gasteiger charge is -2.69. The van der Waals surface area contributed by atoms with Gasteiger partial charge in [0.15, 0.2) is 22.2 Å². The maximum atomic E-state index is 12.9. The standard InChI is InChI=1S/C31H48O6.C18H33ClN2O5S.C11H12Cl2N2O5.2C8H6N4O5.C3H7O4P/c1-17(2)9-8-10-20(28(35)36)26-22-15-24(34)27-29(5)13-12-23(33)18(3)21(29)11-14-30(27,6)31(22,7)16-25(26)37-19(4)32;1-5-6-10-7-11(21(3)8-10)17(25)20-12(9(2)19)16-14(23)13(22)15(24)18(26-16)27-4;12-10(13)11(18)14-8(5-16)9(17)6-1-3-7(4-2-6)15(19)20;2*13-6-4-11(8(14)10-6)9-3-5-1-2-7(17-5)12(15)16;1-2-3(7-2)8(4,5)6/h9,18,21-25,27,33-34H,8,10-16H2,1-7H3,(H,35,36);9-16,18,22-24H,5-8H2,1-4H3,(H,20,25);1-4,8-10,16-17H,5H2,(H,14,18);2*1-3H,4H2,(H,10,13,14);2-3H,1H3,(H2,4,5,6)/b26-20-;;;2*9-3+;/t18-,21-,22-,23+,24+,25-,27-,29-,30-,31-;9-,10+,11-,12+,13-,14+,15+,16+,18+;8-,9-;;;2-,3+/m001..0/s1. The van der Waals surface area contributed by atoms with Crippen LogP contribution in [0.25, 0.3) is 0 Å². The molecule has 2 aromatic heterocycles. The minimum Gasteiger partial charge on any atom is -0.478 e. The van der Waals surface area contributed by atoms with Crippen molar-refractivity contribution in [3.63, 3.8) is 0 Å². The Labute approximate surface area is 744 Å². The molecule has 42 nitrogen and oxygen atoms in total. The van der Waals surface area contributed by atoms with E-state index in [2.05, 4.69) is 60.2 Å². The minimum atomic E-state index is -3.90. The predicted octanol–water partition coefficient (Wildman–Crippen LogP) is 7.02. The number of rotatable bonds is 25. The Kier molecular flexibility index (Phi) is 37.5. The van der Waals surface area contributed by atoms with E-state index in [0.29, 0.717) is 48.7 Å². The molecule has 14 N–H and O–H groups in total. The molecule has 0 spiro atoms. The fourth-order valence-corrected chi connectivity index (χ4v) is 20.2. The number of aliphatic hydroxyl groups is 7. The van der Waals surface area contributed by atoms with Gasteiger partial charge in [0.25, 0.3) is 11.6 Å². The number of esters is 1. The third-order valence-electron chi connectivity index (χ3n) is 24.5. The number of aliphatic hydroxyl groups excluding tert-OH is 7. The van der Waals surface area contributed by atoms with Gasteiger partial charge in [-0.25, -0.2) is 24.4 Å². The first-order valence-electron chi connectivity index (χ1n) is 40.5. The number of carbonyl (C=O) groups excluding carboxylic acids is 7. The number of imide groups is 2. The van der Waals surface area contributed by atoms with E-state index in [1.54, 1.807) is 20.1 Å². The number of fused-ring (bicyclic) bond motifs is 5. The number of halogens is 3. The fourth-order valence-electron chi connectivity index (χ4n) is 18.2. The molecule has 0 bridgehead atoms. The van der Waals surface area contributed by atoms with Crippen molar-refractivity contribution >= 4 is 132 Å². The Hall–Kier alpha value is -8.47. The fraction of sp³-hybridized carbons (Fsp3) is 0.646. The van der Waals surface area contributed by atoms with E-state index >= 15 is 0 Å². The molecule has 0 unspecified atom stereocenters. The smallest absolute Gasteiger partial charge is 0.433 e. The normalized spacial score (nSPS) is 30.9. The van der Waals surface area contributed by atoms with Crippen molar-refractivity contribution in [2.75, 3.05) is 39.5 Å². The summed E-state index contributed by atoms with van der Waals surface area (Å²) in [4.78, 5) is 139. The maximum Gasteiger partial charge on any atom is 0.433 e. The van der Waals surface area contributed by atoms with E-state index in [9.17, 15) is 109 Å². The van der Waals surface area contributed by atoms with Crippen LogP contribution in [0.3, 0.4) is 0 Å². The van der Waals surface area contributed by atoms with Crippen molar-refractivity contribution in [1.82, 2.24) is 36.2 Å². The number of nitro groups is 3. The lowest BCUT2D eigenvalue weighted by molar-refractivity contribution is -0.402.